The number of carbonyl (C=O) groups excluding carboxylic acids is 1. The number of sulfonamides is 1. The summed E-state index contributed by atoms with van der Waals surface area (Å²) in [5, 5.41) is -0.698. The van der Waals surface area contributed by atoms with Crippen molar-refractivity contribution in [3.8, 4) is 0 Å². The highest BCUT2D eigenvalue weighted by Gasteiger charge is 2.24. The number of para-hydroxylation sites is 1. The molecule has 0 heterocycles. The lowest BCUT2D eigenvalue weighted by Gasteiger charge is -2.21. The van der Waals surface area contributed by atoms with E-state index >= 15 is 0 Å². The fourth-order valence-corrected chi connectivity index (χ4v) is 3.29. The number of aryl methyl sites for hydroxylation is 1. The summed E-state index contributed by atoms with van der Waals surface area (Å²) in [7, 11) is -2.35. The normalized spacial score (nSPS) is 11.2. The van der Waals surface area contributed by atoms with Crippen LogP contribution in [0, 0.1) is 6.92 Å². The van der Waals surface area contributed by atoms with E-state index in [9.17, 15) is 13.2 Å². The maximum atomic E-state index is 12.6. The molecule has 0 atom stereocenters. The number of benzene rings is 2. The highest BCUT2D eigenvalue weighted by atomic mass is 35.5. The van der Waals surface area contributed by atoms with Gasteiger partial charge in [-0.2, -0.15) is 0 Å². The number of rotatable bonds is 4. The van der Waals surface area contributed by atoms with E-state index in [2.05, 4.69) is 0 Å². The summed E-state index contributed by atoms with van der Waals surface area (Å²) < 4.78 is 26.2. The molecule has 2 aromatic rings. The summed E-state index contributed by atoms with van der Waals surface area (Å²) in [4.78, 5) is 11.6. The summed E-state index contributed by atoms with van der Waals surface area (Å²) in [6.07, 6.45) is 0. The van der Waals surface area contributed by atoms with Crippen LogP contribution in [0.1, 0.15) is 15.9 Å². The Kier molecular flexibility index (Phi) is 4.34. The smallest absolute Gasteiger partial charge is 0.264 e. The Labute approximate surface area is 129 Å². The molecule has 0 aliphatic heterocycles. The Hall–Kier alpha value is -1.85. The van der Waals surface area contributed by atoms with Crippen molar-refractivity contribution in [2.24, 2.45) is 0 Å². The predicted octanol–water partition coefficient (Wildman–Crippen LogP) is 3.20. The van der Waals surface area contributed by atoms with E-state index in [1.807, 2.05) is 6.92 Å². The van der Waals surface area contributed by atoms with Crippen LogP contribution in [0.4, 0.5) is 5.69 Å². The van der Waals surface area contributed by atoms with Gasteiger partial charge in [0.1, 0.15) is 0 Å². The molecule has 0 unspecified atom stereocenters. The van der Waals surface area contributed by atoms with Gasteiger partial charge in [0, 0.05) is 7.05 Å². The molecule has 0 saturated carbocycles. The van der Waals surface area contributed by atoms with Crippen molar-refractivity contribution in [2.45, 2.75) is 11.8 Å². The van der Waals surface area contributed by atoms with Gasteiger partial charge in [0.05, 0.1) is 16.1 Å². The molecule has 4 nitrogen and oxygen atoms in total. The van der Waals surface area contributed by atoms with Crippen molar-refractivity contribution in [1.82, 2.24) is 0 Å². The molecule has 0 spiro atoms. The van der Waals surface area contributed by atoms with Crippen LogP contribution in [0.25, 0.3) is 0 Å². The van der Waals surface area contributed by atoms with Gasteiger partial charge in [-0.3, -0.25) is 9.10 Å². The van der Waals surface area contributed by atoms with Gasteiger partial charge in [-0.05, 0) is 42.8 Å². The van der Waals surface area contributed by atoms with Gasteiger partial charge >= 0.3 is 0 Å². The first-order valence-electron chi connectivity index (χ1n) is 6.18. The minimum absolute atomic E-state index is 0.150. The van der Waals surface area contributed by atoms with E-state index in [1.54, 1.807) is 30.3 Å². The molecule has 2 aromatic carbocycles. The molecule has 0 radical (unpaired) electrons. The minimum atomic E-state index is -3.74. The molecule has 0 aliphatic rings. The van der Waals surface area contributed by atoms with Gasteiger partial charge in [0.25, 0.3) is 15.3 Å². The van der Waals surface area contributed by atoms with E-state index in [0.29, 0.717) is 0 Å². The molecule has 0 bridgehead atoms. The SMILES string of the molecule is Cc1ccc(S(=O)(=O)N(C)c2ccccc2C(=O)Cl)cc1. The Bertz CT molecular complexity index is 770. The van der Waals surface area contributed by atoms with Crippen LogP contribution >= 0.6 is 11.6 Å². The van der Waals surface area contributed by atoms with Crippen molar-refractivity contribution in [3.05, 3.63) is 59.7 Å². The summed E-state index contributed by atoms with van der Waals surface area (Å²) >= 11 is 5.51. The first kappa shape index (κ1) is 15.5. The Morgan fingerprint density at radius 3 is 2.19 bits per heavy atom. The van der Waals surface area contributed by atoms with Gasteiger partial charge in [0.2, 0.25) is 0 Å². The monoisotopic (exact) mass is 323 g/mol. The van der Waals surface area contributed by atoms with Gasteiger partial charge in [-0.25, -0.2) is 8.42 Å². The van der Waals surface area contributed by atoms with Gasteiger partial charge in [-0.15, -0.1) is 0 Å². The van der Waals surface area contributed by atoms with E-state index in [4.69, 9.17) is 11.6 Å². The molecule has 6 heteroatoms. The second-order valence-electron chi connectivity index (χ2n) is 4.58. The quantitative estimate of drug-likeness (QED) is 0.812. The van der Waals surface area contributed by atoms with E-state index in [-0.39, 0.29) is 16.1 Å². The highest BCUT2D eigenvalue weighted by Crippen LogP contribution is 2.26. The van der Waals surface area contributed by atoms with E-state index in [0.717, 1.165) is 9.87 Å². The Morgan fingerprint density at radius 1 is 1.05 bits per heavy atom. The van der Waals surface area contributed by atoms with Crippen LogP contribution < -0.4 is 4.31 Å². The lowest BCUT2D eigenvalue weighted by atomic mass is 10.2. The minimum Gasteiger partial charge on any atom is -0.276 e. The average Bonchev–Trinajstić information content (AvgIpc) is 2.46. The zero-order valence-electron chi connectivity index (χ0n) is 11.6. The van der Waals surface area contributed by atoms with Crippen LogP contribution in [-0.2, 0) is 10.0 Å². The topological polar surface area (TPSA) is 54.5 Å². The average molecular weight is 324 g/mol. The number of anilines is 1. The van der Waals surface area contributed by atoms with Crippen molar-refractivity contribution >= 4 is 32.6 Å². The Morgan fingerprint density at radius 2 is 1.62 bits per heavy atom. The zero-order valence-corrected chi connectivity index (χ0v) is 13.1. The van der Waals surface area contributed by atoms with Crippen LogP contribution in [0.3, 0.4) is 0 Å². The van der Waals surface area contributed by atoms with E-state index in [1.165, 1.54) is 25.2 Å². The Balaban J connectivity index is 2.51. The lowest BCUT2D eigenvalue weighted by Crippen LogP contribution is -2.27. The molecule has 0 amide bonds. The molecule has 110 valence electrons. The van der Waals surface area contributed by atoms with Gasteiger partial charge in [0.15, 0.2) is 0 Å². The number of halogens is 1. The van der Waals surface area contributed by atoms with Crippen molar-refractivity contribution in [3.63, 3.8) is 0 Å². The van der Waals surface area contributed by atoms with Crippen LogP contribution in [0.5, 0.6) is 0 Å². The van der Waals surface area contributed by atoms with Crippen LogP contribution in [-0.4, -0.2) is 20.7 Å². The lowest BCUT2D eigenvalue weighted by molar-refractivity contribution is 0.108. The van der Waals surface area contributed by atoms with Crippen molar-refractivity contribution < 1.29 is 13.2 Å². The van der Waals surface area contributed by atoms with Crippen LogP contribution in [0.15, 0.2) is 53.4 Å². The molecule has 21 heavy (non-hydrogen) atoms. The first-order valence-corrected chi connectivity index (χ1v) is 8.00. The summed E-state index contributed by atoms with van der Waals surface area (Å²) in [6.45, 7) is 1.88. The van der Waals surface area contributed by atoms with Gasteiger partial charge < -0.3 is 0 Å². The summed E-state index contributed by atoms with van der Waals surface area (Å²) in [5.74, 6) is 0. The molecule has 0 aliphatic carbocycles. The molecule has 0 N–H and O–H groups in total. The molecule has 0 aromatic heterocycles. The number of hydrogen-bond acceptors (Lipinski definition) is 3. The molecule has 0 fully saturated rings. The number of hydrogen-bond donors (Lipinski definition) is 0. The number of carbonyl (C=O) groups is 1. The van der Waals surface area contributed by atoms with E-state index < -0.39 is 15.3 Å². The highest BCUT2D eigenvalue weighted by molar-refractivity contribution is 7.92. The summed E-state index contributed by atoms with van der Waals surface area (Å²) in [5.41, 5.74) is 1.36. The third-order valence-electron chi connectivity index (χ3n) is 3.13. The third-order valence-corrected chi connectivity index (χ3v) is 5.12. The van der Waals surface area contributed by atoms with Gasteiger partial charge in [-0.1, -0.05) is 29.8 Å². The van der Waals surface area contributed by atoms with Crippen LogP contribution in [0.2, 0.25) is 0 Å². The maximum Gasteiger partial charge on any atom is 0.264 e. The van der Waals surface area contributed by atoms with Crippen molar-refractivity contribution in [1.29, 1.82) is 0 Å². The maximum absolute atomic E-state index is 12.6. The predicted molar refractivity (Wildman–Crippen MR) is 83.4 cm³/mol. The first-order chi connectivity index (χ1) is 9.84. The standard InChI is InChI=1S/C15H14ClNO3S/c1-11-7-9-12(10-8-11)21(19,20)17(2)14-6-4-3-5-13(14)15(16)18/h3-10H,1-2H3. The summed E-state index contributed by atoms with van der Waals surface area (Å²) in [6, 6.07) is 12.8. The molecular weight excluding hydrogens is 310 g/mol. The second kappa shape index (κ2) is 5.87. The fraction of sp³-hybridized carbons (Fsp3) is 0.133. The molecule has 0 saturated heterocycles. The molecular formula is C15H14ClNO3S. The largest absolute Gasteiger partial charge is 0.276 e. The van der Waals surface area contributed by atoms with Crippen molar-refractivity contribution in [2.75, 3.05) is 11.4 Å². The fourth-order valence-electron chi connectivity index (χ4n) is 1.91. The second-order valence-corrected chi connectivity index (χ2v) is 6.89. The number of nitrogens with zero attached hydrogens (tertiary/aromatic N) is 1. The molecule has 2 rings (SSSR count). The zero-order chi connectivity index (χ0) is 15.6. The third kappa shape index (κ3) is 3.09.